The number of aromatic nitrogens is 1. The van der Waals surface area contributed by atoms with Gasteiger partial charge in [-0.2, -0.15) is 0 Å². The maximum absolute atomic E-state index is 11.7. The number of benzene rings is 1. The van der Waals surface area contributed by atoms with Crippen molar-refractivity contribution in [3.63, 3.8) is 0 Å². The quantitative estimate of drug-likeness (QED) is 0.349. The van der Waals surface area contributed by atoms with Crippen LogP contribution in [0, 0.1) is 0 Å². The largest absolute Gasteiger partial charge is 0.357 e. The molecule has 0 atom stereocenters. The molecular formula is C25H37N5O. The minimum atomic E-state index is 0.0623. The summed E-state index contributed by atoms with van der Waals surface area (Å²) in [6.45, 7) is 8.68. The highest BCUT2D eigenvalue weighted by Gasteiger charge is 2.10. The molecule has 0 aliphatic carbocycles. The first kappa shape index (κ1) is 23.1. The van der Waals surface area contributed by atoms with Gasteiger partial charge in [-0.05, 0) is 62.9 Å². The van der Waals surface area contributed by atoms with Gasteiger partial charge < -0.3 is 15.2 Å². The van der Waals surface area contributed by atoms with Gasteiger partial charge in [-0.1, -0.05) is 36.8 Å². The molecular weight excluding hydrogens is 386 g/mol. The summed E-state index contributed by atoms with van der Waals surface area (Å²) in [5, 5.41) is 6.72. The monoisotopic (exact) mass is 423 g/mol. The van der Waals surface area contributed by atoms with Crippen molar-refractivity contribution in [2.75, 3.05) is 26.2 Å². The molecule has 0 unspecified atom stereocenters. The lowest BCUT2D eigenvalue weighted by atomic mass is 10.1. The van der Waals surface area contributed by atoms with Gasteiger partial charge in [0.25, 0.3) is 0 Å². The number of hydrogen-bond donors (Lipinski definition) is 2. The minimum Gasteiger partial charge on any atom is -0.357 e. The number of guanidine groups is 1. The van der Waals surface area contributed by atoms with E-state index < -0.39 is 0 Å². The molecule has 0 spiro atoms. The van der Waals surface area contributed by atoms with Crippen LogP contribution in [0.15, 0.2) is 58.4 Å². The van der Waals surface area contributed by atoms with Gasteiger partial charge in [-0.3, -0.25) is 9.69 Å². The van der Waals surface area contributed by atoms with Gasteiger partial charge in [0.2, 0.25) is 5.56 Å². The zero-order valence-electron chi connectivity index (χ0n) is 18.9. The van der Waals surface area contributed by atoms with Crippen LogP contribution < -0.4 is 16.2 Å². The van der Waals surface area contributed by atoms with Crippen molar-refractivity contribution in [1.82, 2.24) is 20.1 Å². The number of aryl methyl sites for hydroxylation is 1. The third kappa shape index (κ3) is 8.21. The molecule has 0 bridgehead atoms. The van der Waals surface area contributed by atoms with Crippen molar-refractivity contribution < 1.29 is 0 Å². The van der Waals surface area contributed by atoms with Crippen molar-refractivity contribution in [2.24, 2.45) is 4.99 Å². The predicted octanol–water partition coefficient (Wildman–Crippen LogP) is 3.37. The Morgan fingerprint density at radius 2 is 1.74 bits per heavy atom. The van der Waals surface area contributed by atoms with Gasteiger partial charge in [0.05, 0.1) is 6.54 Å². The summed E-state index contributed by atoms with van der Waals surface area (Å²) in [4.78, 5) is 19.0. The molecule has 1 fully saturated rings. The summed E-state index contributed by atoms with van der Waals surface area (Å²) in [6, 6.07) is 14.2. The van der Waals surface area contributed by atoms with Gasteiger partial charge in [0.15, 0.2) is 5.96 Å². The number of rotatable bonds is 10. The van der Waals surface area contributed by atoms with E-state index in [1.807, 2.05) is 12.3 Å². The predicted molar refractivity (Wildman–Crippen MR) is 128 cm³/mol. The minimum absolute atomic E-state index is 0.0623. The molecule has 2 aromatic rings. The highest BCUT2D eigenvalue weighted by atomic mass is 16.1. The Balaban J connectivity index is 1.41. The van der Waals surface area contributed by atoms with Gasteiger partial charge in [-0.15, -0.1) is 0 Å². The zero-order valence-corrected chi connectivity index (χ0v) is 18.9. The van der Waals surface area contributed by atoms with Gasteiger partial charge in [-0.25, -0.2) is 4.99 Å². The topological polar surface area (TPSA) is 61.7 Å². The summed E-state index contributed by atoms with van der Waals surface area (Å²) >= 11 is 0. The molecule has 168 valence electrons. The average Bonchev–Trinajstić information content (AvgIpc) is 2.80. The maximum atomic E-state index is 11.7. The Bertz CT molecular complexity index is 853. The van der Waals surface area contributed by atoms with E-state index in [2.05, 4.69) is 46.7 Å². The van der Waals surface area contributed by atoms with Gasteiger partial charge in [0.1, 0.15) is 0 Å². The van der Waals surface area contributed by atoms with E-state index >= 15 is 0 Å². The van der Waals surface area contributed by atoms with Crippen molar-refractivity contribution in [3.8, 4) is 0 Å². The molecule has 1 aliphatic rings. The number of unbranched alkanes of at least 4 members (excludes halogenated alkanes) is 1. The van der Waals surface area contributed by atoms with Crippen LogP contribution in [0.2, 0.25) is 0 Å². The fraction of sp³-hybridized carbons (Fsp3) is 0.520. The van der Waals surface area contributed by atoms with Crippen molar-refractivity contribution in [1.29, 1.82) is 0 Å². The van der Waals surface area contributed by atoms with Crippen molar-refractivity contribution in [2.45, 2.75) is 58.7 Å². The number of likely N-dealkylation sites (tertiary alicyclic amines) is 1. The second kappa shape index (κ2) is 13.0. The third-order valence-electron chi connectivity index (χ3n) is 5.66. The lowest BCUT2D eigenvalue weighted by Crippen LogP contribution is -2.37. The van der Waals surface area contributed by atoms with E-state index in [-0.39, 0.29) is 5.56 Å². The summed E-state index contributed by atoms with van der Waals surface area (Å²) in [5.41, 5.74) is 2.67. The van der Waals surface area contributed by atoms with Gasteiger partial charge in [0, 0.05) is 38.4 Å². The van der Waals surface area contributed by atoms with Crippen LogP contribution in [0.5, 0.6) is 0 Å². The van der Waals surface area contributed by atoms with E-state index in [0.29, 0.717) is 6.54 Å². The Morgan fingerprint density at radius 1 is 0.968 bits per heavy atom. The van der Waals surface area contributed by atoms with E-state index in [1.54, 1.807) is 16.7 Å². The van der Waals surface area contributed by atoms with Gasteiger partial charge >= 0.3 is 0 Å². The first-order chi connectivity index (χ1) is 15.2. The second-order valence-electron chi connectivity index (χ2n) is 8.21. The smallest absolute Gasteiger partial charge is 0.250 e. The molecule has 0 amide bonds. The average molecular weight is 424 g/mol. The van der Waals surface area contributed by atoms with Crippen LogP contribution in [-0.4, -0.2) is 41.6 Å². The summed E-state index contributed by atoms with van der Waals surface area (Å²) in [7, 11) is 0. The second-order valence-corrected chi connectivity index (χ2v) is 8.21. The number of aliphatic imine (C=N–C) groups is 1. The zero-order chi connectivity index (χ0) is 21.7. The van der Waals surface area contributed by atoms with Crippen LogP contribution in [0.25, 0.3) is 0 Å². The van der Waals surface area contributed by atoms with E-state index in [9.17, 15) is 4.79 Å². The lowest BCUT2D eigenvalue weighted by molar-refractivity contribution is 0.221. The molecule has 31 heavy (non-hydrogen) atoms. The van der Waals surface area contributed by atoms with Crippen molar-refractivity contribution in [3.05, 3.63) is 70.1 Å². The first-order valence-corrected chi connectivity index (χ1v) is 11.7. The van der Waals surface area contributed by atoms with Crippen LogP contribution in [0.1, 0.15) is 50.2 Å². The lowest BCUT2D eigenvalue weighted by Gasteiger charge is -2.26. The van der Waals surface area contributed by atoms with Crippen LogP contribution in [0.3, 0.4) is 0 Å². The van der Waals surface area contributed by atoms with E-state index in [1.165, 1.54) is 43.5 Å². The highest BCUT2D eigenvalue weighted by Crippen LogP contribution is 2.14. The maximum Gasteiger partial charge on any atom is 0.250 e. The van der Waals surface area contributed by atoms with E-state index in [4.69, 9.17) is 4.99 Å². The fourth-order valence-corrected chi connectivity index (χ4v) is 3.90. The number of nitrogens with zero attached hydrogens (tertiary/aromatic N) is 3. The molecule has 2 N–H and O–H groups in total. The summed E-state index contributed by atoms with van der Waals surface area (Å²) in [6.07, 6.45) is 7.82. The summed E-state index contributed by atoms with van der Waals surface area (Å²) < 4.78 is 1.76. The van der Waals surface area contributed by atoms with E-state index in [0.717, 1.165) is 45.0 Å². The highest BCUT2D eigenvalue weighted by molar-refractivity contribution is 5.79. The molecule has 1 aromatic heterocycles. The first-order valence-electron chi connectivity index (χ1n) is 11.7. The number of nitrogens with one attached hydrogen (secondary N) is 2. The molecule has 0 saturated carbocycles. The number of piperidine rings is 1. The molecule has 1 aliphatic heterocycles. The molecule has 0 radical (unpaired) electrons. The standard InChI is InChI=1S/C25H37N5O/c1-2-26-25(27-15-5-9-19-30-18-8-4-10-24(30)31)28-20-22-11-13-23(14-12-22)21-29-16-6-3-7-17-29/h4,8,10-14,18H,2-3,5-7,9,15-17,19-21H2,1H3,(H2,26,27,28). The fourth-order valence-electron chi connectivity index (χ4n) is 3.90. The van der Waals surface area contributed by atoms with Crippen molar-refractivity contribution >= 4 is 5.96 Å². The number of pyridine rings is 1. The van der Waals surface area contributed by atoms with Crippen LogP contribution >= 0.6 is 0 Å². The molecule has 1 aromatic carbocycles. The van der Waals surface area contributed by atoms with Crippen LogP contribution in [0.4, 0.5) is 0 Å². The normalized spacial score (nSPS) is 15.1. The van der Waals surface area contributed by atoms with Crippen LogP contribution in [-0.2, 0) is 19.6 Å². The Labute approximate surface area is 186 Å². The molecule has 1 saturated heterocycles. The Hall–Kier alpha value is -2.60. The molecule has 3 rings (SSSR count). The molecule has 2 heterocycles. The third-order valence-corrected chi connectivity index (χ3v) is 5.66. The Kier molecular flexibility index (Phi) is 9.64. The number of hydrogen-bond acceptors (Lipinski definition) is 3. The SMILES string of the molecule is CCNC(=NCc1ccc(CN2CCCCC2)cc1)NCCCCn1ccccc1=O. The molecule has 6 heteroatoms. The Morgan fingerprint density at radius 3 is 2.48 bits per heavy atom. The summed E-state index contributed by atoms with van der Waals surface area (Å²) in [5.74, 6) is 0.844. The molecule has 6 nitrogen and oxygen atoms in total.